The van der Waals surface area contributed by atoms with Gasteiger partial charge in [0.15, 0.2) is 23.3 Å². The Kier molecular flexibility index (Phi) is 17.3. The molecule has 3 saturated carbocycles. The summed E-state index contributed by atoms with van der Waals surface area (Å²) >= 11 is 0. The number of nitrogens with two attached hydrogens (primary N) is 1. The number of carbonyl (C=O) groups excluding carboxylic acids is 4. The summed E-state index contributed by atoms with van der Waals surface area (Å²) in [5, 5.41) is 45.0. The first-order valence-electron chi connectivity index (χ1n) is 17.6. The zero-order chi connectivity index (χ0) is 43.3. The van der Waals surface area contributed by atoms with Crippen LogP contribution in [0, 0.1) is 58.9 Å². The average molecular weight is 825 g/mol. The minimum atomic E-state index is -2.15. The molecule has 0 amide bonds. The fraction of sp³-hybridized carbons (Fsp3) is 0.727. The van der Waals surface area contributed by atoms with E-state index in [0.29, 0.717) is 12.8 Å². The predicted octanol–water partition coefficient (Wildman–Crippen LogP) is 1.78. The van der Waals surface area contributed by atoms with Crippen LogP contribution in [0.3, 0.4) is 0 Å². The lowest BCUT2D eigenvalue weighted by Gasteiger charge is -2.62. The highest BCUT2D eigenvalue weighted by Crippen LogP contribution is 2.69. The summed E-state index contributed by atoms with van der Waals surface area (Å²) in [6.07, 6.45) is 0.525. The highest BCUT2D eigenvalue weighted by Gasteiger charge is 2.72. The van der Waals surface area contributed by atoms with Crippen LogP contribution in [0.25, 0.3) is 0 Å². The van der Waals surface area contributed by atoms with Crippen LogP contribution in [-0.2, 0) is 48.0 Å². The molecule has 24 heteroatoms. The summed E-state index contributed by atoms with van der Waals surface area (Å²) in [5.74, 6) is -3.82. The number of hydrogen-bond donors (Lipinski definition) is 3. The number of aliphatic carboxylic acids is 1. The highest BCUT2D eigenvalue weighted by atomic mass is 19.1. The smallest absolute Gasteiger partial charge is 0.307 e. The van der Waals surface area contributed by atoms with E-state index >= 15 is 8.78 Å². The molecule has 0 radical (unpaired) electrons. The largest absolute Gasteiger partial charge is 0.481 e. The van der Waals surface area contributed by atoms with Gasteiger partial charge in [-0.05, 0) is 75.0 Å². The van der Waals surface area contributed by atoms with E-state index in [0.717, 1.165) is 0 Å². The Morgan fingerprint density at radius 3 is 2.28 bits per heavy atom. The second-order valence-corrected chi connectivity index (χ2v) is 14.3. The number of alkyl halides is 2. The van der Waals surface area contributed by atoms with E-state index in [4.69, 9.17) is 15.6 Å². The van der Waals surface area contributed by atoms with Crippen molar-refractivity contribution in [3.63, 3.8) is 0 Å². The van der Waals surface area contributed by atoms with Crippen LogP contribution >= 0.6 is 0 Å². The van der Waals surface area contributed by atoms with Crippen molar-refractivity contribution in [1.29, 1.82) is 0 Å². The van der Waals surface area contributed by atoms with Crippen LogP contribution in [-0.4, -0.2) is 112 Å². The number of hydrogen-bond acceptors (Lipinski definition) is 18. The van der Waals surface area contributed by atoms with Crippen molar-refractivity contribution in [3.8, 4) is 0 Å². The normalized spacial score (nSPS) is 30.3. The van der Waals surface area contributed by atoms with Gasteiger partial charge in [0.05, 0.1) is 19.1 Å². The van der Waals surface area contributed by atoms with Gasteiger partial charge in [-0.3, -0.25) is 24.0 Å². The summed E-state index contributed by atoms with van der Waals surface area (Å²) in [5.41, 5.74) is 1.36. The van der Waals surface area contributed by atoms with E-state index in [1.165, 1.54) is 18.2 Å². The maximum absolute atomic E-state index is 17.0. The molecule has 0 aromatic rings. The number of carbonyl (C=O) groups is 5. The molecule has 4 aliphatic carbocycles. The maximum Gasteiger partial charge on any atom is 0.307 e. The molecule has 0 bridgehead atoms. The van der Waals surface area contributed by atoms with Gasteiger partial charge in [0.25, 0.3) is 21.7 Å². The number of carboxylic acid groups (broad SMARTS) is 1. The Morgan fingerprint density at radius 2 is 1.72 bits per heavy atom. The Hall–Kier alpha value is -5.39. The number of fused-ring (bicyclic) bond motifs is 5. The van der Waals surface area contributed by atoms with Gasteiger partial charge in [0.1, 0.15) is 26.0 Å². The molecule has 10 atom stereocenters. The summed E-state index contributed by atoms with van der Waals surface area (Å²) in [4.78, 5) is 96.8. The third kappa shape index (κ3) is 12.3. The van der Waals surface area contributed by atoms with Crippen LogP contribution in [0.2, 0.25) is 0 Å². The van der Waals surface area contributed by atoms with E-state index in [1.54, 1.807) is 13.8 Å². The van der Waals surface area contributed by atoms with Crippen molar-refractivity contribution in [3.05, 3.63) is 54.1 Å². The van der Waals surface area contributed by atoms with E-state index in [-0.39, 0.29) is 80.9 Å². The first-order chi connectivity index (χ1) is 26.5. The molecule has 0 heterocycles. The van der Waals surface area contributed by atoms with Gasteiger partial charge in [0.2, 0.25) is 0 Å². The number of rotatable bonds is 18. The minimum absolute atomic E-state index is 0.00530. The van der Waals surface area contributed by atoms with Crippen LogP contribution in [0.1, 0.15) is 65.7 Å². The summed E-state index contributed by atoms with van der Waals surface area (Å²) < 4.78 is 41.5. The molecule has 8 unspecified atom stereocenters. The fourth-order valence-corrected chi connectivity index (χ4v) is 8.19. The number of aliphatic hydroxyl groups is 1. The first-order valence-corrected chi connectivity index (χ1v) is 17.6. The summed E-state index contributed by atoms with van der Waals surface area (Å²) in [7, 11) is 0. The van der Waals surface area contributed by atoms with Crippen molar-refractivity contribution < 1.29 is 82.2 Å². The van der Waals surface area contributed by atoms with E-state index in [9.17, 15) is 59.4 Å². The van der Waals surface area contributed by atoms with Crippen LogP contribution in [0.5, 0.6) is 0 Å². The van der Waals surface area contributed by atoms with Gasteiger partial charge in [-0.1, -0.05) is 13.0 Å². The van der Waals surface area contributed by atoms with Gasteiger partial charge in [-0.25, -0.2) is 8.78 Å². The Labute approximate surface area is 322 Å². The number of allylic oxidation sites excluding steroid dienone is 4. The van der Waals surface area contributed by atoms with E-state index in [2.05, 4.69) is 19.2 Å². The molecule has 0 saturated heterocycles. The lowest BCUT2D eigenvalue weighted by molar-refractivity contribution is -0.790. The number of Topliss-reactive ketones (excluding diaryl/α,β-unsaturated/α-hetero) is 1. The molecule has 22 nitrogen and oxygen atoms in total. The Balaban J connectivity index is 0.000000385. The lowest BCUT2D eigenvalue weighted by Crippen LogP contribution is -2.68. The molecule has 4 aliphatic rings. The maximum atomic E-state index is 17.0. The number of ether oxygens (including phenoxy) is 2. The summed E-state index contributed by atoms with van der Waals surface area (Å²) in [6, 6.07) is -0.378. The van der Waals surface area contributed by atoms with Crippen molar-refractivity contribution in [1.82, 2.24) is 0 Å². The van der Waals surface area contributed by atoms with Crippen LogP contribution in [0.15, 0.2) is 23.8 Å². The molecule has 4 N–H and O–H groups in total. The van der Waals surface area contributed by atoms with Crippen molar-refractivity contribution >= 4 is 30.0 Å². The molecule has 320 valence electrons. The summed E-state index contributed by atoms with van der Waals surface area (Å²) in [6.45, 7) is 3.38. The number of esters is 1. The van der Waals surface area contributed by atoms with Crippen molar-refractivity contribution in [2.45, 2.75) is 95.8 Å². The Bertz CT molecular complexity index is 1560. The SMILES string of the molecule is CC(N)CC(=O)OCC(=O)C1CCC2C3C[C@H](F)C4=CC(=O)C=CC4(C)[C@@]3(F)C(O)CC12C.O=C(O)CCCO[N+](=O)[O-].O=COCC(CO[N+](=O)[O-])O[N+](=O)[O-]. The minimum Gasteiger partial charge on any atom is -0.481 e. The quantitative estimate of drug-likeness (QED) is 0.0583. The van der Waals surface area contributed by atoms with Gasteiger partial charge in [0, 0.05) is 29.7 Å². The standard InChI is InChI=1S/C25H33F2NO5.C4H6N2O8.C4H7NO5/c1-13(28)8-22(32)33-12-20(30)16-5-4-15-17-10-19(26)18-9-14(29)6-7-24(18,3)25(17,27)21(31)11-23(15,16)2;7-3-12-1-4(14-6(10)11)2-13-5(8)9;6-4(7)2-1-3-10-5(8)9/h6-7,9,13,15-17,19,21,31H,4-5,8,10-12,28H2,1-3H3;3-4H,1-2H2;1-3H2,(H,6,7)/t13?,15?,16?,17?,19-,21?,23?,24?,25-;;/m0../s1. The zero-order valence-corrected chi connectivity index (χ0v) is 31.2. The third-order valence-electron chi connectivity index (χ3n) is 10.6. The molecule has 3 fully saturated rings. The lowest BCUT2D eigenvalue weighted by atomic mass is 9.45. The molecule has 0 aromatic carbocycles. The Morgan fingerprint density at radius 1 is 1.07 bits per heavy atom. The number of ketones is 2. The molecule has 0 spiro atoms. The molecule has 0 aromatic heterocycles. The van der Waals surface area contributed by atoms with E-state index in [1.807, 2.05) is 6.92 Å². The number of aliphatic hydroxyl groups excluding tert-OH is 1. The highest BCUT2D eigenvalue weighted by molar-refractivity contribution is 6.01. The second-order valence-electron chi connectivity index (χ2n) is 14.3. The van der Waals surface area contributed by atoms with Gasteiger partial charge < -0.3 is 39.9 Å². The van der Waals surface area contributed by atoms with Crippen LogP contribution < -0.4 is 5.73 Å². The second kappa shape index (κ2) is 20.7. The van der Waals surface area contributed by atoms with Gasteiger partial charge in [-0.2, -0.15) is 0 Å². The first kappa shape index (κ1) is 47.8. The fourth-order valence-electron chi connectivity index (χ4n) is 8.19. The van der Waals surface area contributed by atoms with Gasteiger partial charge in [-0.15, -0.1) is 30.3 Å². The third-order valence-corrected chi connectivity index (χ3v) is 10.6. The van der Waals surface area contributed by atoms with Crippen molar-refractivity contribution in [2.75, 3.05) is 26.4 Å². The average Bonchev–Trinajstić information content (AvgIpc) is 3.45. The van der Waals surface area contributed by atoms with E-state index < -0.39 is 87.1 Å². The number of carboxylic acids is 1. The molecular weight excluding hydrogens is 778 g/mol. The van der Waals surface area contributed by atoms with Crippen molar-refractivity contribution in [2.24, 2.45) is 34.3 Å². The number of nitrogens with zero attached hydrogens (tertiary/aromatic N) is 3. The molecule has 4 rings (SSSR count). The predicted molar refractivity (Wildman–Crippen MR) is 183 cm³/mol. The zero-order valence-electron chi connectivity index (χ0n) is 31.2. The monoisotopic (exact) mass is 824 g/mol. The topological polar surface area (TPSA) is 327 Å². The molecule has 0 aliphatic heterocycles. The molecule has 57 heavy (non-hydrogen) atoms. The van der Waals surface area contributed by atoms with Gasteiger partial charge >= 0.3 is 11.9 Å². The molecular formula is C33H46F2N4O18. The number of halogens is 2. The van der Waals surface area contributed by atoms with Crippen LogP contribution in [0.4, 0.5) is 8.78 Å².